The van der Waals surface area contributed by atoms with Gasteiger partial charge < -0.3 is 28.4 Å². The first kappa shape index (κ1) is 26.7. The van der Waals surface area contributed by atoms with Crippen molar-refractivity contribution in [2.24, 2.45) is 0 Å². The first-order valence-electron chi connectivity index (χ1n) is 11.3. The van der Waals surface area contributed by atoms with Gasteiger partial charge in [-0.05, 0) is 23.3 Å². The third-order valence-corrected chi connectivity index (χ3v) is 5.16. The zero-order chi connectivity index (χ0) is 26.2. The summed E-state index contributed by atoms with van der Waals surface area (Å²) in [6, 6.07) is 16.8. The van der Waals surface area contributed by atoms with E-state index in [1.165, 1.54) is 13.8 Å². The molecule has 0 unspecified atom stereocenters. The van der Waals surface area contributed by atoms with E-state index >= 15 is 0 Å². The molecule has 0 aliphatic carbocycles. The molecule has 192 valence electrons. The normalized spacial score (nSPS) is 23.2. The van der Waals surface area contributed by atoms with Crippen LogP contribution in [0.25, 0.3) is 11.1 Å². The van der Waals surface area contributed by atoms with Crippen molar-refractivity contribution < 1.29 is 47.6 Å². The predicted octanol–water partition coefficient (Wildman–Crippen LogP) is 2.82. The highest BCUT2D eigenvalue weighted by Gasteiger charge is 2.53. The summed E-state index contributed by atoms with van der Waals surface area (Å²) in [6.07, 6.45) is -6.19. The maximum Gasteiger partial charge on any atom is 0.303 e. The van der Waals surface area contributed by atoms with Gasteiger partial charge in [0.15, 0.2) is 12.2 Å². The molecule has 2 aromatic rings. The zero-order valence-electron chi connectivity index (χ0n) is 20.4. The molecule has 5 atom stereocenters. The number of carbonyl (C=O) groups excluding carboxylic acids is 4. The van der Waals surface area contributed by atoms with E-state index in [0.29, 0.717) is 5.75 Å². The number of ether oxygens (including phenoxy) is 6. The van der Waals surface area contributed by atoms with E-state index in [1.807, 2.05) is 42.5 Å². The third kappa shape index (κ3) is 7.29. The van der Waals surface area contributed by atoms with E-state index in [2.05, 4.69) is 0 Å². The third-order valence-electron chi connectivity index (χ3n) is 5.16. The molecule has 10 nitrogen and oxygen atoms in total. The fourth-order valence-corrected chi connectivity index (χ4v) is 3.77. The Bertz CT molecular complexity index is 1070. The maximum atomic E-state index is 11.9. The Kier molecular flexibility index (Phi) is 9.02. The van der Waals surface area contributed by atoms with Crippen LogP contribution in [0.3, 0.4) is 0 Å². The monoisotopic (exact) mass is 500 g/mol. The Morgan fingerprint density at radius 3 is 1.75 bits per heavy atom. The summed E-state index contributed by atoms with van der Waals surface area (Å²) in [6.45, 7) is 4.36. The Balaban J connectivity index is 1.92. The van der Waals surface area contributed by atoms with Crippen molar-refractivity contribution in [3.63, 3.8) is 0 Å². The molecule has 1 heterocycles. The highest BCUT2D eigenvalue weighted by atomic mass is 16.7. The number of hydrogen-bond donors (Lipinski definition) is 0. The molecule has 0 spiro atoms. The molecular weight excluding hydrogens is 472 g/mol. The highest BCUT2D eigenvalue weighted by molar-refractivity contribution is 5.69. The molecule has 1 saturated heterocycles. The largest absolute Gasteiger partial charge is 0.463 e. The van der Waals surface area contributed by atoms with Crippen molar-refractivity contribution in [3.8, 4) is 16.9 Å². The Morgan fingerprint density at radius 2 is 1.19 bits per heavy atom. The van der Waals surface area contributed by atoms with Gasteiger partial charge in [0.25, 0.3) is 0 Å². The van der Waals surface area contributed by atoms with Crippen molar-refractivity contribution in [2.75, 3.05) is 6.61 Å². The minimum Gasteiger partial charge on any atom is -0.463 e. The number of hydrogen-bond acceptors (Lipinski definition) is 10. The summed E-state index contributed by atoms with van der Waals surface area (Å²) < 4.78 is 33.2. The standard InChI is InChI=1S/C26H28O10/c1-15(27)31-14-22-23(32-16(2)28)24(33-17(3)29)25(34-18(4)30)26(36-22)35-21-12-10-20(11-13-21)19-8-6-5-7-9-19/h5-13,22-26H,14H2,1-4H3/t22-,23+,24+,25-,26+/m1/s1. The molecule has 0 N–H and O–H groups in total. The fourth-order valence-electron chi connectivity index (χ4n) is 3.77. The molecule has 0 amide bonds. The van der Waals surface area contributed by atoms with Crippen molar-refractivity contribution in [1.29, 1.82) is 0 Å². The second-order valence-corrected chi connectivity index (χ2v) is 8.08. The summed E-state index contributed by atoms with van der Waals surface area (Å²) in [5.74, 6) is -2.34. The predicted molar refractivity (Wildman–Crippen MR) is 124 cm³/mol. The van der Waals surface area contributed by atoms with Crippen LogP contribution in [0.1, 0.15) is 27.7 Å². The van der Waals surface area contributed by atoms with Gasteiger partial charge in [-0.25, -0.2) is 0 Å². The van der Waals surface area contributed by atoms with Gasteiger partial charge in [0.2, 0.25) is 12.4 Å². The summed E-state index contributed by atoms with van der Waals surface area (Å²) >= 11 is 0. The van der Waals surface area contributed by atoms with Crippen LogP contribution in [0.15, 0.2) is 54.6 Å². The smallest absolute Gasteiger partial charge is 0.303 e. The van der Waals surface area contributed by atoms with Gasteiger partial charge in [-0.3, -0.25) is 19.2 Å². The molecule has 0 saturated carbocycles. The quantitative estimate of drug-likeness (QED) is 0.395. The van der Waals surface area contributed by atoms with Gasteiger partial charge in [0, 0.05) is 27.7 Å². The summed E-state index contributed by atoms with van der Waals surface area (Å²) in [4.78, 5) is 47.1. The van der Waals surface area contributed by atoms with E-state index in [-0.39, 0.29) is 6.61 Å². The minimum absolute atomic E-state index is 0.329. The van der Waals surface area contributed by atoms with Crippen molar-refractivity contribution in [3.05, 3.63) is 54.6 Å². The molecule has 36 heavy (non-hydrogen) atoms. The molecule has 0 bridgehead atoms. The van der Waals surface area contributed by atoms with Crippen LogP contribution in [0.2, 0.25) is 0 Å². The maximum absolute atomic E-state index is 11.9. The van der Waals surface area contributed by atoms with Crippen molar-refractivity contribution >= 4 is 23.9 Å². The number of rotatable bonds is 8. The van der Waals surface area contributed by atoms with Crippen LogP contribution >= 0.6 is 0 Å². The highest BCUT2D eigenvalue weighted by Crippen LogP contribution is 2.31. The van der Waals surface area contributed by atoms with E-state index in [9.17, 15) is 19.2 Å². The summed E-state index contributed by atoms with van der Waals surface area (Å²) in [5, 5.41) is 0. The van der Waals surface area contributed by atoms with Crippen LogP contribution < -0.4 is 4.74 Å². The molecule has 0 radical (unpaired) electrons. The summed E-state index contributed by atoms with van der Waals surface area (Å²) in [7, 11) is 0. The van der Waals surface area contributed by atoms with Crippen LogP contribution in [-0.4, -0.2) is 61.2 Å². The Morgan fingerprint density at radius 1 is 0.667 bits per heavy atom. The molecule has 2 aromatic carbocycles. The zero-order valence-corrected chi connectivity index (χ0v) is 20.4. The lowest BCUT2D eigenvalue weighted by atomic mass is 9.98. The van der Waals surface area contributed by atoms with Crippen LogP contribution in [0, 0.1) is 0 Å². The first-order valence-corrected chi connectivity index (χ1v) is 11.3. The molecule has 3 rings (SSSR count). The second-order valence-electron chi connectivity index (χ2n) is 8.08. The second kappa shape index (κ2) is 12.2. The molecule has 1 aliphatic rings. The Labute approximate surface area is 208 Å². The van der Waals surface area contributed by atoms with Gasteiger partial charge in [-0.2, -0.15) is 0 Å². The number of carbonyl (C=O) groups is 4. The average Bonchev–Trinajstić information content (AvgIpc) is 2.82. The van der Waals surface area contributed by atoms with Gasteiger partial charge in [-0.15, -0.1) is 0 Å². The van der Waals surface area contributed by atoms with Gasteiger partial charge >= 0.3 is 23.9 Å². The topological polar surface area (TPSA) is 124 Å². The van der Waals surface area contributed by atoms with E-state index in [4.69, 9.17) is 28.4 Å². The van der Waals surface area contributed by atoms with Gasteiger partial charge in [-0.1, -0.05) is 42.5 Å². The van der Waals surface area contributed by atoms with Crippen LogP contribution in [-0.2, 0) is 42.9 Å². The van der Waals surface area contributed by atoms with E-state index in [0.717, 1.165) is 25.0 Å². The minimum atomic E-state index is -1.29. The average molecular weight is 501 g/mol. The number of benzene rings is 2. The molecule has 1 aliphatic heterocycles. The van der Waals surface area contributed by atoms with Crippen molar-refractivity contribution in [1.82, 2.24) is 0 Å². The Hall–Kier alpha value is -3.92. The van der Waals surface area contributed by atoms with Gasteiger partial charge in [0.1, 0.15) is 18.5 Å². The van der Waals surface area contributed by atoms with Crippen molar-refractivity contribution in [2.45, 2.75) is 58.4 Å². The van der Waals surface area contributed by atoms with E-state index < -0.39 is 54.6 Å². The molecule has 1 fully saturated rings. The summed E-state index contributed by atoms with van der Waals surface area (Å²) in [5.41, 5.74) is 1.96. The van der Waals surface area contributed by atoms with E-state index in [1.54, 1.807) is 12.1 Å². The first-order chi connectivity index (χ1) is 17.1. The SMILES string of the molecule is CC(=O)OC[C@H]1O[C@H](Oc2ccc(-c3ccccc3)cc2)[C@H](OC(C)=O)[C@@H](OC(C)=O)[C@H]1OC(C)=O. The molecular formula is C26H28O10. The lowest BCUT2D eigenvalue weighted by Crippen LogP contribution is -2.63. The number of esters is 4. The van der Waals surface area contributed by atoms with Crippen LogP contribution in [0.4, 0.5) is 0 Å². The molecule has 10 heteroatoms. The lowest BCUT2D eigenvalue weighted by molar-refractivity contribution is -0.288. The fraction of sp³-hybridized carbons (Fsp3) is 0.385. The lowest BCUT2D eigenvalue weighted by Gasteiger charge is -2.43. The van der Waals surface area contributed by atoms with Crippen LogP contribution in [0.5, 0.6) is 5.75 Å². The molecule has 0 aromatic heterocycles. The van der Waals surface area contributed by atoms with Gasteiger partial charge in [0.05, 0.1) is 0 Å².